The largest absolute Gasteiger partial charge is 0.222 e. The maximum absolute atomic E-state index is 2.37. The number of benzene rings is 1. The summed E-state index contributed by atoms with van der Waals surface area (Å²) in [7, 11) is 2.13. The van der Waals surface area contributed by atoms with E-state index < -0.39 is 0 Å². The predicted molar refractivity (Wildman–Crippen MR) is 96.3 cm³/mol. The topological polar surface area (TPSA) is 3.88 Å². The molecule has 0 radical (unpaired) electrons. The second-order valence-electron chi connectivity index (χ2n) is 6.88. The first-order chi connectivity index (χ1) is 10.4. The Morgan fingerprint density at radius 2 is 1.68 bits per heavy atom. The van der Waals surface area contributed by atoms with Gasteiger partial charge in [-0.05, 0) is 34.4 Å². The van der Waals surface area contributed by atoms with Crippen LogP contribution in [0.2, 0.25) is 0 Å². The monoisotopic (exact) mass is 310 g/mol. The summed E-state index contributed by atoms with van der Waals surface area (Å²) in [5, 5.41) is 1.41. The highest BCUT2D eigenvalue weighted by atomic mass is 32.1. The molecule has 2 aromatic heterocycles. The molecule has 0 aliphatic carbocycles. The first-order valence-electron chi connectivity index (χ1n) is 7.90. The summed E-state index contributed by atoms with van der Waals surface area (Å²) in [6.45, 7) is 9.39. The maximum Gasteiger partial charge on any atom is 0.222 e. The molecule has 3 aromatic rings. The summed E-state index contributed by atoms with van der Waals surface area (Å²) < 4.78 is 3.61. The minimum Gasteiger partial charge on any atom is -0.200 e. The number of hydrogen-bond donors (Lipinski definition) is 0. The van der Waals surface area contributed by atoms with Crippen LogP contribution in [-0.4, -0.2) is 0 Å². The van der Waals surface area contributed by atoms with E-state index in [1.807, 2.05) is 11.3 Å². The molecule has 114 valence electrons. The van der Waals surface area contributed by atoms with E-state index in [1.54, 1.807) is 0 Å². The van der Waals surface area contributed by atoms with Gasteiger partial charge in [0.2, 0.25) is 5.69 Å². The Morgan fingerprint density at radius 1 is 1.00 bits per heavy atom. The SMILES string of the molecule is CC(C)C(C)(C)c1c(-c2cccc[n+]2C)sc2ccccc12. The van der Waals surface area contributed by atoms with Gasteiger partial charge in [0.1, 0.15) is 11.9 Å². The van der Waals surface area contributed by atoms with E-state index in [0.717, 1.165) is 0 Å². The van der Waals surface area contributed by atoms with Crippen LogP contribution in [0.4, 0.5) is 0 Å². The fourth-order valence-corrected chi connectivity index (χ4v) is 4.35. The lowest BCUT2D eigenvalue weighted by Crippen LogP contribution is -2.31. The van der Waals surface area contributed by atoms with Crippen LogP contribution in [0.3, 0.4) is 0 Å². The molecule has 0 saturated carbocycles. The van der Waals surface area contributed by atoms with Crippen molar-refractivity contribution in [1.29, 1.82) is 0 Å². The standard InChI is InChI=1S/C20H24NS/c1-14(2)20(3,4)18-15-10-6-7-12-17(15)22-19(18)16-11-8-9-13-21(16)5/h6-14H,1-5H3/q+1. The number of fused-ring (bicyclic) bond motifs is 1. The minimum atomic E-state index is 0.137. The van der Waals surface area contributed by atoms with Crippen molar-refractivity contribution in [3.63, 3.8) is 0 Å². The minimum absolute atomic E-state index is 0.137. The molecule has 0 amide bonds. The molecular formula is C20H24NS+. The van der Waals surface area contributed by atoms with Crippen molar-refractivity contribution >= 4 is 21.4 Å². The summed E-state index contributed by atoms with van der Waals surface area (Å²) in [6.07, 6.45) is 2.13. The van der Waals surface area contributed by atoms with E-state index in [-0.39, 0.29) is 5.41 Å². The Balaban J connectivity index is 2.38. The zero-order valence-corrected chi connectivity index (χ0v) is 14.9. The molecule has 22 heavy (non-hydrogen) atoms. The first kappa shape index (κ1) is 15.2. The first-order valence-corrected chi connectivity index (χ1v) is 8.71. The van der Waals surface area contributed by atoms with Gasteiger partial charge in [0, 0.05) is 16.8 Å². The van der Waals surface area contributed by atoms with E-state index in [2.05, 4.69) is 88.0 Å². The number of nitrogens with zero attached hydrogens (tertiary/aromatic N) is 1. The van der Waals surface area contributed by atoms with Crippen LogP contribution in [0, 0.1) is 5.92 Å². The van der Waals surface area contributed by atoms with Gasteiger partial charge in [0.15, 0.2) is 6.20 Å². The lowest BCUT2D eigenvalue weighted by Gasteiger charge is -2.30. The molecule has 0 bridgehead atoms. The van der Waals surface area contributed by atoms with Crippen molar-refractivity contribution in [1.82, 2.24) is 0 Å². The highest BCUT2D eigenvalue weighted by molar-refractivity contribution is 7.22. The van der Waals surface area contributed by atoms with Crippen LogP contribution in [0.25, 0.3) is 20.7 Å². The van der Waals surface area contributed by atoms with Gasteiger partial charge >= 0.3 is 0 Å². The molecule has 0 atom stereocenters. The Labute approximate surface area is 137 Å². The van der Waals surface area contributed by atoms with Gasteiger partial charge in [0.05, 0.1) is 0 Å². The highest BCUT2D eigenvalue weighted by Crippen LogP contribution is 2.46. The fraction of sp³-hybridized carbons (Fsp3) is 0.350. The predicted octanol–water partition coefficient (Wildman–Crippen LogP) is 5.33. The molecule has 0 unspecified atom stereocenters. The van der Waals surface area contributed by atoms with E-state index in [1.165, 1.54) is 26.2 Å². The third-order valence-electron chi connectivity index (χ3n) is 4.97. The van der Waals surface area contributed by atoms with Gasteiger partial charge in [-0.25, -0.2) is 4.57 Å². The van der Waals surface area contributed by atoms with Crippen molar-refractivity contribution in [2.24, 2.45) is 13.0 Å². The second-order valence-corrected chi connectivity index (χ2v) is 7.93. The van der Waals surface area contributed by atoms with Crippen LogP contribution in [0.5, 0.6) is 0 Å². The van der Waals surface area contributed by atoms with Gasteiger partial charge in [-0.3, -0.25) is 0 Å². The molecule has 0 aliphatic heterocycles. The Hall–Kier alpha value is -1.67. The molecule has 2 heteroatoms. The molecule has 2 heterocycles. The van der Waals surface area contributed by atoms with Gasteiger partial charge in [-0.1, -0.05) is 45.9 Å². The fourth-order valence-electron chi connectivity index (χ4n) is 2.91. The van der Waals surface area contributed by atoms with E-state index in [4.69, 9.17) is 0 Å². The molecule has 0 aliphatic rings. The second kappa shape index (κ2) is 5.51. The molecule has 0 saturated heterocycles. The van der Waals surface area contributed by atoms with Gasteiger partial charge in [-0.2, -0.15) is 0 Å². The number of pyridine rings is 1. The number of hydrogen-bond acceptors (Lipinski definition) is 1. The van der Waals surface area contributed by atoms with E-state index >= 15 is 0 Å². The van der Waals surface area contributed by atoms with Crippen molar-refractivity contribution in [2.75, 3.05) is 0 Å². The van der Waals surface area contributed by atoms with Crippen LogP contribution < -0.4 is 4.57 Å². The Kier molecular flexibility index (Phi) is 3.82. The molecule has 0 N–H and O–H groups in total. The average Bonchev–Trinajstić information content (AvgIpc) is 2.87. The Morgan fingerprint density at radius 3 is 2.36 bits per heavy atom. The summed E-state index contributed by atoms with van der Waals surface area (Å²) in [4.78, 5) is 1.41. The van der Waals surface area contributed by atoms with Gasteiger partial charge in [0.25, 0.3) is 0 Å². The zero-order valence-electron chi connectivity index (χ0n) is 14.1. The number of aryl methyl sites for hydroxylation is 1. The molecule has 0 spiro atoms. The summed E-state index contributed by atoms with van der Waals surface area (Å²) in [6, 6.07) is 15.3. The Bertz CT molecular complexity index is 811. The van der Waals surface area contributed by atoms with Crippen molar-refractivity contribution in [3.05, 3.63) is 54.2 Å². The van der Waals surface area contributed by atoms with Gasteiger partial charge < -0.3 is 0 Å². The third kappa shape index (κ3) is 2.36. The van der Waals surface area contributed by atoms with Crippen molar-refractivity contribution in [2.45, 2.75) is 33.1 Å². The van der Waals surface area contributed by atoms with Crippen LogP contribution in [-0.2, 0) is 12.5 Å². The van der Waals surface area contributed by atoms with Crippen molar-refractivity contribution in [3.8, 4) is 10.6 Å². The van der Waals surface area contributed by atoms with Crippen LogP contribution in [0.1, 0.15) is 33.3 Å². The number of rotatable bonds is 3. The lowest BCUT2D eigenvalue weighted by atomic mass is 9.73. The molecule has 1 aromatic carbocycles. The summed E-state index contributed by atoms with van der Waals surface area (Å²) in [5.41, 5.74) is 2.93. The maximum atomic E-state index is 2.37. The van der Waals surface area contributed by atoms with Gasteiger partial charge in [-0.15, -0.1) is 11.3 Å². The molecule has 3 rings (SSSR count). The van der Waals surface area contributed by atoms with Crippen LogP contribution in [0.15, 0.2) is 48.7 Å². The molecule has 0 fully saturated rings. The van der Waals surface area contributed by atoms with Crippen molar-refractivity contribution < 1.29 is 4.57 Å². The van der Waals surface area contributed by atoms with Crippen LogP contribution >= 0.6 is 11.3 Å². The average molecular weight is 310 g/mol. The quantitative estimate of drug-likeness (QED) is 0.576. The smallest absolute Gasteiger partial charge is 0.200 e. The molecular weight excluding hydrogens is 286 g/mol. The lowest BCUT2D eigenvalue weighted by molar-refractivity contribution is -0.660. The van der Waals surface area contributed by atoms with E-state index in [0.29, 0.717) is 5.92 Å². The summed E-state index contributed by atoms with van der Waals surface area (Å²) >= 11 is 1.91. The molecule has 1 nitrogen and oxygen atoms in total. The van der Waals surface area contributed by atoms with E-state index in [9.17, 15) is 0 Å². The normalized spacial score (nSPS) is 12.3. The third-order valence-corrected chi connectivity index (χ3v) is 6.16. The highest BCUT2D eigenvalue weighted by Gasteiger charge is 2.33. The number of thiophene rings is 1. The zero-order chi connectivity index (χ0) is 15.9. The summed E-state index contributed by atoms with van der Waals surface area (Å²) in [5.74, 6) is 0.582. The number of aromatic nitrogens is 1.